The van der Waals surface area contributed by atoms with Gasteiger partial charge in [-0.15, -0.1) is 0 Å². The minimum atomic E-state index is -0.453. The molecule has 0 radical (unpaired) electrons. The summed E-state index contributed by atoms with van der Waals surface area (Å²) in [6.45, 7) is 10.9. The van der Waals surface area contributed by atoms with Crippen LogP contribution in [0.4, 0.5) is 0 Å². The molecule has 1 rings (SSSR count). The van der Waals surface area contributed by atoms with E-state index in [2.05, 4.69) is 37.8 Å². The average Bonchev–Trinajstić information content (AvgIpc) is 2.93. The molecule has 0 saturated carbocycles. The maximum absolute atomic E-state index is 6.13. The van der Waals surface area contributed by atoms with Gasteiger partial charge >= 0.3 is 0 Å². The lowest BCUT2D eigenvalue weighted by Crippen LogP contribution is -2.30. The Balaban J connectivity index is 2.99. The highest BCUT2D eigenvalue weighted by atomic mass is 16.5. The van der Waals surface area contributed by atoms with Gasteiger partial charge in [-0.2, -0.15) is 4.98 Å². The van der Waals surface area contributed by atoms with Crippen molar-refractivity contribution in [3.8, 4) is 0 Å². The first-order chi connectivity index (χ1) is 9.04. The van der Waals surface area contributed by atoms with Crippen molar-refractivity contribution in [3.05, 3.63) is 11.7 Å². The average molecular weight is 269 g/mol. The molecule has 0 bridgehead atoms. The summed E-state index contributed by atoms with van der Waals surface area (Å²) in [4.78, 5) is 4.48. The highest BCUT2D eigenvalue weighted by Crippen LogP contribution is 2.32. The normalized spacial score (nSPS) is 15.5. The van der Waals surface area contributed by atoms with Crippen LogP contribution in [0, 0.1) is 5.92 Å². The van der Waals surface area contributed by atoms with Crippen LogP contribution in [0.15, 0.2) is 4.52 Å². The molecule has 0 amide bonds. The van der Waals surface area contributed by atoms with Gasteiger partial charge in [0, 0.05) is 6.61 Å². The molecule has 0 aliphatic rings. The second kappa shape index (κ2) is 7.01. The molecule has 19 heavy (non-hydrogen) atoms. The number of nitrogens with two attached hydrogens (primary N) is 1. The topological polar surface area (TPSA) is 74.2 Å². The molecular formula is C14H27N3O2. The van der Waals surface area contributed by atoms with E-state index < -0.39 is 5.60 Å². The van der Waals surface area contributed by atoms with Crippen molar-refractivity contribution in [2.75, 3.05) is 6.61 Å². The van der Waals surface area contributed by atoms with Crippen molar-refractivity contribution in [1.29, 1.82) is 0 Å². The molecule has 0 saturated heterocycles. The SMILES string of the molecule is CCOC(CC)(CC)c1noc(C(N)C(C)CC)n1. The fourth-order valence-electron chi connectivity index (χ4n) is 2.16. The number of rotatable bonds is 8. The lowest BCUT2D eigenvalue weighted by atomic mass is 9.96. The summed E-state index contributed by atoms with van der Waals surface area (Å²) in [5, 5.41) is 4.10. The van der Waals surface area contributed by atoms with E-state index in [1.807, 2.05) is 6.92 Å². The van der Waals surface area contributed by atoms with E-state index in [-0.39, 0.29) is 6.04 Å². The predicted molar refractivity (Wildman–Crippen MR) is 74.6 cm³/mol. The van der Waals surface area contributed by atoms with Crippen LogP contribution in [-0.2, 0) is 10.3 Å². The quantitative estimate of drug-likeness (QED) is 0.784. The Labute approximate surface area is 115 Å². The lowest BCUT2D eigenvalue weighted by Gasteiger charge is -2.27. The third kappa shape index (κ3) is 3.34. The second-order valence-corrected chi connectivity index (χ2v) is 5.00. The maximum atomic E-state index is 6.13. The standard InChI is InChI=1S/C14H27N3O2/c1-6-10(5)11(15)12-16-13(17-19-12)14(7-2,8-3)18-9-4/h10-11H,6-9,15H2,1-5H3. The molecule has 2 unspecified atom stereocenters. The molecule has 0 fully saturated rings. The Morgan fingerprint density at radius 3 is 2.37 bits per heavy atom. The Hall–Kier alpha value is -0.940. The molecular weight excluding hydrogens is 242 g/mol. The van der Waals surface area contributed by atoms with Crippen LogP contribution >= 0.6 is 0 Å². The molecule has 5 nitrogen and oxygen atoms in total. The zero-order valence-electron chi connectivity index (χ0n) is 12.8. The molecule has 5 heteroatoms. The maximum Gasteiger partial charge on any atom is 0.243 e. The number of hydrogen-bond acceptors (Lipinski definition) is 5. The van der Waals surface area contributed by atoms with Crippen LogP contribution in [0.1, 0.15) is 71.6 Å². The number of nitrogens with zero attached hydrogens (tertiary/aromatic N) is 2. The van der Waals surface area contributed by atoms with E-state index in [0.717, 1.165) is 19.3 Å². The van der Waals surface area contributed by atoms with Crippen molar-refractivity contribution in [2.24, 2.45) is 11.7 Å². The van der Waals surface area contributed by atoms with E-state index in [9.17, 15) is 0 Å². The van der Waals surface area contributed by atoms with Gasteiger partial charge in [0.05, 0.1) is 6.04 Å². The van der Waals surface area contributed by atoms with Crippen LogP contribution in [0.5, 0.6) is 0 Å². The van der Waals surface area contributed by atoms with Gasteiger partial charge in [-0.3, -0.25) is 0 Å². The van der Waals surface area contributed by atoms with Crippen LogP contribution in [0.3, 0.4) is 0 Å². The van der Waals surface area contributed by atoms with E-state index in [0.29, 0.717) is 24.2 Å². The summed E-state index contributed by atoms with van der Waals surface area (Å²) in [6, 6.07) is -0.209. The Morgan fingerprint density at radius 1 is 1.26 bits per heavy atom. The Kier molecular flexibility index (Phi) is 5.94. The number of ether oxygens (including phenoxy) is 1. The smallest absolute Gasteiger partial charge is 0.243 e. The van der Waals surface area contributed by atoms with Gasteiger partial charge in [-0.25, -0.2) is 0 Å². The van der Waals surface area contributed by atoms with Crippen LogP contribution < -0.4 is 5.73 Å². The van der Waals surface area contributed by atoms with Gasteiger partial charge < -0.3 is 15.0 Å². The molecule has 0 aromatic carbocycles. The van der Waals surface area contributed by atoms with E-state index in [1.54, 1.807) is 0 Å². The largest absolute Gasteiger partial charge is 0.367 e. The zero-order valence-corrected chi connectivity index (χ0v) is 12.8. The molecule has 0 aliphatic heterocycles. The van der Waals surface area contributed by atoms with Gasteiger partial charge in [0.15, 0.2) is 0 Å². The summed E-state index contributed by atoms with van der Waals surface area (Å²) < 4.78 is 11.2. The van der Waals surface area contributed by atoms with E-state index in [1.165, 1.54) is 0 Å². The Morgan fingerprint density at radius 2 is 1.89 bits per heavy atom. The second-order valence-electron chi connectivity index (χ2n) is 5.00. The highest BCUT2D eigenvalue weighted by Gasteiger charge is 2.35. The first-order valence-electron chi connectivity index (χ1n) is 7.28. The van der Waals surface area contributed by atoms with Gasteiger partial charge in [-0.1, -0.05) is 39.3 Å². The summed E-state index contributed by atoms with van der Waals surface area (Å²) in [5.74, 6) is 1.45. The van der Waals surface area contributed by atoms with Crippen molar-refractivity contribution in [1.82, 2.24) is 10.1 Å². The van der Waals surface area contributed by atoms with Crippen molar-refractivity contribution >= 4 is 0 Å². The Bertz CT molecular complexity index is 375. The number of hydrogen-bond donors (Lipinski definition) is 1. The molecule has 1 aromatic rings. The first kappa shape index (κ1) is 16.1. The number of aromatic nitrogens is 2. The van der Waals surface area contributed by atoms with Crippen LogP contribution in [-0.4, -0.2) is 16.7 Å². The van der Waals surface area contributed by atoms with Crippen molar-refractivity contribution in [3.63, 3.8) is 0 Å². The monoisotopic (exact) mass is 269 g/mol. The molecule has 2 atom stereocenters. The van der Waals surface area contributed by atoms with Crippen molar-refractivity contribution in [2.45, 2.75) is 65.5 Å². The van der Waals surface area contributed by atoms with Crippen molar-refractivity contribution < 1.29 is 9.26 Å². The fourth-order valence-corrected chi connectivity index (χ4v) is 2.16. The molecule has 0 spiro atoms. The van der Waals surface area contributed by atoms with Gasteiger partial charge in [-0.05, 0) is 25.7 Å². The fraction of sp³-hybridized carbons (Fsp3) is 0.857. The van der Waals surface area contributed by atoms with Crippen LogP contribution in [0.2, 0.25) is 0 Å². The molecule has 0 aliphatic carbocycles. The summed E-state index contributed by atoms with van der Waals surface area (Å²) in [5.41, 5.74) is 5.67. The third-order valence-corrected chi connectivity index (χ3v) is 3.95. The molecule has 1 aromatic heterocycles. The minimum absolute atomic E-state index is 0.209. The summed E-state index contributed by atoms with van der Waals surface area (Å²) >= 11 is 0. The van der Waals surface area contributed by atoms with Crippen LogP contribution in [0.25, 0.3) is 0 Å². The predicted octanol–water partition coefficient (Wildman–Crippen LogP) is 3.17. The molecule has 110 valence electrons. The van der Waals surface area contributed by atoms with Gasteiger partial charge in [0.2, 0.25) is 11.7 Å². The molecule has 2 N–H and O–H groups in total. The third-order valence-electron chi connectivity index (χ3n) is 3.95. The van der Waals surface area contributed by atoms with Gasteiger partial charge in [0.25, 0.3) is 0 Å². The van der Waals surface area contributed by atoms with E-state index in [4.69, 9.17) is 15.0 Å². The van der Waals surface area contributed by atoms with Gasteiger partial charge in [0.1, 0.15) is 5.60 Å². The highest BCUT2D eigenvalue weighted by molar-refractivity contribution is 5.03. The van der Waals surface area contributed by atoms with E-state index >= 15 is 0 Å². The lowest BCUT2D eigenvalue weighted by molar-refractivity contribution is -0.0583. The summed E-state index contributed by atoms with van der Waals surface area (Å²) in [6.07, 6.45) is 2.61. The molecule has 1 heterocycles. The summed E-state index contributed by atoms with van der Waals surface area (Å²) in [7, 11) is 0. The first-order valence-corrected chi connectivity index (χ1v) is 7.28. The minimum Gasteiger partial charge on any atom is -0.367 e. The zero-order chi connectivity index (χ0) is 14.5.